The molecule has 10 nitrogen and oxygen atoms in total. The van der Waals surface area contributed by atoms with Crippen LogP contribution in [0.3, 0.4) is 0 Å². The Bertz CT molecular complexity index is 1400. The maximum atomic E-state index is 12.9. The first kappa shape index (κ1) is 25.1. The lowest BCUT2D eigenvalue weighted by atomic mass is 10.2. The van der Waals surface area contributed by atoms with Gasteiger partial charge in [0.2, 0.25) is 0 Å². The van der Waals surface area contributed by atoms with Crippen molar-refractivity contribution in [2.45, 2.75) is 19.1 Å². The van der Waals surface area contributed by atoms with E-state index in [9.17, 15) is 22.8 Å². The van der Waals surface area contributed by atoms with Gasteiger partial charge in [0.05, 0.1) is 22.8 Å². The van der Waals surface area contributed by atoms with Gasteiger partial charge in [-0.05, 0) is 25.1 Å². The van der Waals surface area contributed by atoms with E-state index in [0.717, 1.165) is 29.5 Å². The molecule has 1 unspecified atom stereocenters. The molecule has 1 atom stereocenters. The van der Waals surface area contributed by atoms with Crippen LogP contribution in [0, 0.1) is 0 Å². The number of aromatic nitrogens is 4. The molecule has 0 aliphatic rings. The minimum absolute atomic E-state index is 0.0801. The van der Waals surface area contributed by atoms with E-state index < -0.39 is 34.6 Å². The first-order chi connectivity index (χ1) is 17.1. The number of benzene rings is 1. The number of hydrogen-bond acceptors (Lipinski definition) is 9. The van der Waals surface area contributed by atoms with Gasteiger partial charge < -0.3 is 20.5 Å². The van der Waals surface area contributed by atoms with Crippen molar-refractivity contribution in [3.8, 4) is 0 Å². The number of amides is 2. The first-order valence-corrected chi connectivity index (χ1v) is 11.2. The van der Waals surface area contributed by atoms with Crippen molar-refractivity contribution in [1.82, 2.24) is 25.4 Å². The zero-order chi connectivity index (χ0) is 25.9. The third-order valence-electron chi connectivity index (χ3n) is 4.59. The summed E-state index contributed by atoms with van der Waals surface area (Å²) in [5.41, 5.74) is -0.832. The van der Waals surface area contributed by atoms with E-state index >= 15 is 0 Å². The lowest BCUT2D eigenvalue weighted by molar-refractivity contribution is -0.137. The summed E-state index contributed by atoms with van der Waals surface area (Å²) in [6.07, 6.45) is -0.719. The molecule has 0 aliphatic carbocycles. The maximum Gasteiger partial charge on any atom is 0.417 e. The average Bonchev–Trinajstić information content (AvgIpc) is 3.51. The summed E-state index contributed by atoms with van der Waals surface area (Å²) in [4.78, 5) is 37.5. The lowest BCUT2D eigenvalue weighted by Gasteiger charge is -2.11. The quantitative estimate of drug-likeness (QED) is 0.297. The summed E-state index contributed by atoms with van der Waals surface area (Å²) in [6.45, 7) is 1.67. The van der Waals surface area contributed by atoms with Crippen LogP contribution < -0.4 is 16.0 Å². The van der Waals surface area contributed by atoms with Crippen LogP contribution >= 0.6 is 22.9 Å². The van der Waals surface area contributed by atoms with Crippen LogP contribution in [-0.2, 0) is 6.18 Å². The van der Waals surface area contributed by atoms with Crippen LogP contribution in [0.4, 0.5) is 30.5 Å². The highest BCUT2D eigenvalue weighted by atomic mass is 35.5. The molecular formula is C21H15ClF3N7O3S. The van der Waals surface area contributed by atoms with E-state index in [2.05, 4.69) is 36.1 Å². The molecule has 15 heteroatoms. The molecule has 3 heterocycles. The number of halogens is 4. The molecule has 0 aliphatic heterocycles. The predicted molar refractivity (Wildman–Crippen MR) is 124 cm³/mol. The Morgan fingerprint density at radius 2 is 1.89 bits per heavy atom. The van der Waals surface area contributed by atoms with Gasteiger partial charge in [-0.3, -0.25) is 9.59 Å². The largest absolute Gasteiger partial charge is 0.417 e. The van der Waals surface area contributed by atoms with Crippen molar-refractivity contribution in [3.05, 3.63) is 75.3 Å². The maximum absolute atomic E-state index is 12.9. The van der Waals surface area contributed by atoms with Crippen molar-refractivity contribution in [1.29, 1.82) is 0 Å². The van der Waals surface area contributed by atoms with Crippen molar-refractivity contribution >= 4 is 52.1 Å². The molecule has 1 aromatic carbocycles. The fraction of sp³-hybridized carbons (Fsp3) is 0.143. The van der Waals surface area contributed by atoms with Gasteiger partial charge in [-0.2, -0.15) is 13.2 Å². The number of nitrogens with one attached hydrogen (secondary N) is 3. The van der Waals surface area contributed by atoms with Crippen molar-refractivity contribution < 1.29 is 27.3 Å². The Kier molecular flexibility index (Phi) is 7.17. The van der Waals surface area contributed by atoms with E-state index in [0.29, 0.717) is 16.6 Å². The summed E-state index contributed by atoms with van der Waals surface area (Å²) >= 11 is 6.70. The van der Waals surface area contributed by atoms with Gasteiger partial charge in [0.1, 0.15) is 34.0 Å². The number of alkyl halides is 3. The summed E-state index contributed by atoms with van der Waals surface area (Å²) in [7, 11) is 0. The SMILES string of the molecule is CC(NC(=O)c1cc(Nc2ccon2)ncn1)c1ncc(C(=O)Nc2ccc(C(F)(F)F)c(Cl)c2)s1. The van der Waals surface area contributed by atoms with E-state index in [1.807, 2.05) is 0 Å². The Balaban J connectivity index is 1.38. The molecular weight excluding hydrogens is 523 g/mol. The fourth-order valence-electron chi connectivity index (χ4n) is 2.90. The summed E-state index contributed by atoms with van der Waals surface area (Å²) in [5, 5.41) is 11.7. The molecule has 186 valence electrons. The van der Waals surface area contributed by atoms with Gasteiger partial charge >= 0.3 is 6.18 Å². The smallest absolute Gasteiger partial charge is 0.363 e. The van der Waals surface area contributed by atoms with Gasteiger partial charge in [-0.1, -0.05) is 16.8 Å². The van der Waals surface area contributed by atoms with Crippen LogP contribution in [0.25, 0.3) is 0 Å². The lowest BCUT2D eigenvalue weighted by Crippen LogP contribution is -2.27. The number of carbonyl (C=O) groups excluding carboxylic acids is 2. The van der Waals surface area contributed by atoms with E-state index in [4.69, 9.17) is 16.1 Å². The highest BCUT2D eigenvalue weighted by Gasteiger charge is 2.33. The van der Waals surface area contributed by atoms with Crippen molar-refractivity contribution in [2.75, 3.05) is 10.6 Å². The molecule has 0 saturated carbocycles. The van der Waals surface area contributed by atoms with Gasteiger partial charge in [-0.25, -0.2) is 15.0 Å². The monoisotopic (exact) mass is 537 g/mol. The molecule has 0 spiro atoms. The first-order valence-electron chi connectivity index (χ1n) is 10.0. The molecule has 0 radical (unpaired) electrons. The normalized spacial score (nSPS) is 12.1. The van der Waals surface area contributed by atoms with Crippen LogP contribution in [-0.4, -0.2) is 31.9 Å². The molecule has 36 heavy (non-hydrogen) atoms. The molecule has 0 fully saturated rings. The van der Waals surface area contributed by atoms with Crippen LogP contribution in [0.1, 0.15) is 43.7 Å². The summed E-state index contributed by atoms with van der Waals surface area (Å²) < 4.78 is 43.3. The van der Waals surface area contributed by atoms with E-state index in [-0.39, 0.29) is 16.3 Å². The highest BCUT2D eigenvalue weighted by Crippen LogP contribution is 2.36. The number of anilines is 3. The average molecular weight is 538 g/mol. The van der Waals surface area contributed by atoms with Crippen molar-refractivity contribution in [3.63, 3.8) is 0 Å². The van der Waals surface area contributed by atoms with E-state index in [1.165, 1.54) is 24.9 Å². The number of rotatable bonds is 7. The Morgan fingerprint density at radius 1 is 1.08 bits per heavy atom. The highest BCUT2D eigenvalue weighted by molar-refractivity contribution is 7.13. The molecule has 4 rings (SSSR count). The number of carbonyl (C=O) groups is 2. The van der Waals surface area contributed by atoms with Gasteiger partial charge in [0, 0.05) is 17.8 Å². The number of thiazole rings is 1. The summed E-state index contributed by atoms with van der Waals surface area (Å²) in [6, 6.07) is 5.32. The second-order valence-corrected chi connectivity index (χ2v) is 8.67. The summed E-state index contributed by atoms with van der Waals surface area (Å²) in [5.74, 6) is -0.366. The topological polar surface area (TPSA) is 135 Å². The molecule has 4 aromatic rings. The standard InChI is InChI=1S/C21H15ClF3N7O3S/c1-10(29-18(33)14-7-17(28-9-27-14)31-16-4-5-35-32-16)20-26-8-15(36-20)19(34)30-11-2-3-12(13(22)6-11)21(23,24)25/h2-10H,1H3,(H,29,33)(H,30,34)(H,27,28,31,32). The second kappa shape index (κ2) is 10.3. The minimum atomic E-state index is -4.60. The number of nitrogens with zero attached hydrogens (tertiary/aromatic N) is 4. The Morgan fingerprint density at radius 3 is 2.58 bits per heavy atom. The second-order valence-electron chi connectivity index (χ2n) is 7.20. The van der Waals surface area contributed by atoms with Crippen LogP contribution in [0.2, 0.25) is 5.02 Å². The van der Waals surface area contributed by atoms with Crippen LogP contribution in [0.5, 0.6) is 0 Å². The third-order valence-corrected chi connectivity index (χ3v) is 6.08. The Hall–Kier alpha value is -4.04. The molecule has 3 aromatic heterocycles. The van der Waals surface area contributed by atoms with Gasteiger partial charge in [0.15, 0.2) is 5.82 Å². The van der Waals surface area contributed by atoms with Gasteiger partial charge in [0.25, 0.3) is 11.8 Å². The zero-order valence-electron chi connectivity index (χ0n) is 18.1. The van der Waals surface area contributed by atoms with Crippen molar-refractivity contribution in [2.24, 2.45) is 0 Å². The molecule has 2 amide bonds. The predicted octanol–water partition coefficient (Wildman–Crippen LogP) is 5.08. The number of hydrogen-bond donors (Lipinski definition) is 3. The van der Waals surface area contributed by atoms with Gasteiger partial charge in [-0.15, -0.1) is 11.3 Å². The molecule has 3 N–H and O–H groups in total. The van der Waals surface area contributed by atoms with E-state index in [1.54, 1.807) is 13.0 Å². The minimum Gasteiger partial charge on any atom is -0.363 e. The molecule has 0 saturated heterocycles. The zero-order valence-corrected chi connectivity index (χ0v) is 19.7. The fourth-order valence-corrected chi connectivity index (χ4v) is 4.00. The third kappa shape index (κ3) is 5.95. The Labute approximate surface area is 209 Å². The molecule has 0 bridgehead atoms. The van der Waals surface area contributed by atoms with Crippen LogP contribution in [0.15, 0.2) is 53.6 Å².